The highest BCUT2D eigenvalue weighted by atomic mass is 15.0. The number of benzene rings is 8. The summed E-state index contributed by atoms with van der Waals surface area (Å²) in [6.07, 6.45) is 2.37. The van der Waals surface area contributed by atoms with Crippen molar-refractivity contribution in [3.05, 3.63) is 175 Å². The van der Waals surface area contributed by atoms with Crippen molar-refractivity contribution in [2.45, 2.75) is 51.4 Å². The molecule has 57 heavy (non-hydrogen) atoms. The third-order valence-electron chi connectivity index (χ3n) is 13.5. The molecule has 8 aromatic carbocycles. The first-order valence-corrected chi connectivity index (χ1v) is 20.4. The summed E-state index contributed by atoms with van der Waals surface area (Å²) < 4.78 is 7.54. The molecule has 0 bridgehead atoms. The maximum atomic E-state index is 2.57. The molecule has 1 aliphatic rings. The molecule has 12 rings (SSSR count). The molecule has 3 heterocycles. The van der Waals surface area contributed by atoms with E-state index in [2.05, 4.69) is 205 Å². The average molecular weight is 734 g/mol. The number of hydrogen-bond donors (Lipinski definition) is 0. The molecule has 0 fully saturated rings. The molecule has 0 radical (unpaired) electrons. The summed E-state index contributed by atoms with van der Waals surface area (Å²) >= 11 is 0. The second kappa shape index (κ2) is 11.5. The Labute approximate surface area is 332 Å². The van der Waals surface area contributed by atoms with Gasteiger partial charge in [-0.2, -0.15) is 0 Å². The minimum atomic E-state index is 0.0993. The van der Waals surface area contributed by atoms with Gasteiger partial charge >= 0.3 is 0 Å². The van der Waals surface area contributed by atoms with E-state index in [1.54, 1.807) is 0 Å². The number of fused-ring (bicyclic) bond motifs is 13. The first-order chi connectivity index (χ1) is 27.8. The standard InChI is InChI=1S/C54H43N3/c1-53(2)29-30-54(3,4)45-33-49-43(32-44(45)53)41-27-28-47-50(52(41)56(49)36-18-9-6-10-19-36)42-25-23-34-15-11-12-20-38(34)51(42)57(47)37-24-26-40-39-21-13-14-22-46(39)55(48(40)31-37)35-16-7-5-8-17-35/h5-28,31-33H,29-30H2,1-4H3. The number of para-hydroxylation sites is 3. The minimum absolute atomic E-state index is 0.0993. The second-order valence-electron chi connectivity index (χ2n) is 17.6. The van der Waals surface area contributed by atoms with Crippen LogP contribution >= 0.6 is 0 Å². The van der Waals surface area contributed by atoms with Gasteiger partial charge in [0.1, 0.15) is 0 Å². The molecule has 3 aromatic heterocycles. The lowest BCUT2D eigenvalue weighted by molar-refractivity contribution is 0.332. The Morgan fingerprint density at radius 3 is 1.67 bits per heavy atom. The van der Waals surface area contributed by atoms with Gasteiger partial charge in [0.15, 0.2) is 0 Å². The number of nitrogens with zero attached hydrogens (tertiary/aromatic N) is 3. The van der Waals surface area contributed by atoms with Gasteiger partial charge in [-0.25, -0.2) is 0 Å². The molecule has 3 nitrogen and oxygen atoms in total. The third kappa shape index (κ3) is 4.48. The summed E-state index contributed by atoms with van der Waals surface area (Å²) in [4.78, 5) is 0. The number of rotatable bonds is 3. The van der Waals surface area contributed by atoms with E-state index in [9.17, 15) is 0 Å². The van der Waals surface area contributed by atoms with Crippen LogP contribution in [0.4, 0.5) is 0 Å². The Hall–Kier alpha value is -6.58. The van der Waals surface area contributed by atoms with E-state index in [1.807, 2.05) is 0 Å². The Morgan fingerprint density at radius 2 is 0.912 bits per heavy atom. The van der Waals surface area contributed by atoms with E-state index in [0.29, 0.717) is 0 Å². The highest BCUT2D eigenvalue weighted by Gasteiger charge is 2.38. The van der Waals surface area contributed by atoms with Gasteiger partial charge in [0.05, 0.1) is 33.1 Å². The minimum Gasteiger partial charge on any atom is -0.309 e. The molecular weight excluding hydrogens is 691 g/mol. The number of aromatic nitrogens is 3. The fourth-order valence-corrected chi connectivity index (χ4v) is 10.5. The van der Waals surface area contributed by atoms with Crippen LogP contribution in [0.5, 0.6) is 0 Å². The average Bonchev–Trinajstić information content (AvgIpc) is 3.88. The fourth-order valence-electron chi connectivity index (χ4n) is 10.5. The molecule has 0 aliphatic heterocycles. The third-order valence-corrected chi connectivity index (χ3v) is 13.5. The molecule has 274 valence electrons. The molecule has 0 amide bonds. The molecule has 1 aliphatic carbocycles. The smallest absolute Gasteiger partial charge is 0.0641 e. The van der Waals surface area contributed by atoms with Gasteiger partial charge in [-0.1, -0.05) is 131 Å². The summed E-state index contributed by atoms with van der Waals surface area (Å²) in [5.74, 6) is 0. The van der Waals surface area contributed by atoms with Gasteiger partial charge in [-0.3, -0.25) is 0 Å². The monoisotopic (exact) mass is 733 g/mol. The van der Waals surface area contributed by atoms with Crippen LogP contribution in [0, 0.1) is 0 Å². The summed E-state index contributed by atoms with van der Waals surface area (Å²) in [5, 5.41) is 10.2. The lowest BCUT2D eigenvalue weighted by Crippen LogP contribution is -2.33. The molecule has 0 saturated carbocycles. The Morgan fingerprint density at radius 1 is 0.351 bits per heavy atom. The zero-order valence-corrected chi connectivity index (χ0v) is 32.8. The van der Waals surface area contributed by atoms with Crippen molar-refractivity contribution in [1.82, 2.24) is 13.7 Å². The maximum absolute atomic E-state index is 2.57. The van der Waals surface area contributed by atoms with Crippen molar-refractivity contribution in [1.29, 1.82) is 0 Å². The molecule has 0 unspecified atom stereocenters. The van der Waals surface area contributed by atoms with Crippen molar-refractivity contribution >= 4 is 76.2 Å². The van der Waals surface area contributed by atoms with E-state index in [-0.39, 0.29) is 10.8 Å². The fraction of sp³-hybridized carbons (Fsp3) is 0.148. The van der Waals surface area contributed by atoms with E-state index in [0.717, 1.165) is 11.4 Å². The molecule has 3 heteroatoms. The summed E-state index contributed by atoms with van der Waals surface area (Å²) in [6.45, 7) is 9.75. The van der Waals surface area contributed by atoms with Gasteiger partial charge in [0.25, 0.3) is 0 Å². The molecule has 11 aromatic rings. The lowest BCUT2D eigenvalue weighted by atomic mass is 9.63. The topological polar surface area (TPSA) is 14.8 Å². The van der Waals surface area contributed by atoms with Crippen molar-refractivity contribution in [3.63, 3.8) is 0 Å². The van der Waals surface area contributed by atoms with Crippen molar-refractivity contribution in [2.75, 3.05) is 0 Å². The van der Waals surface area contributed by atoms with Gasteiger partial charge in [-0.05, 0) is 101 Å². The summed E-state index contributed by atoms with van der Waals surface area (Å²) in [7, 11) is 0. The zero-order valence-electron chi connectivity index (χ0n) is 32.8. The first kappa shape index (κ1) is 32.6. The highest BCUT2D eigenvalue weighted by molar-refractivity contribution is 6.29. The van der Waals surface area contributed by atoms with Crippen LogP contribution in [-0.4, -0.2) is 13.7 Å². The van der Waals surface area contributed by atoms with Crippen LogP contribution in [-0.2, 0) is 10.8 Å². The van der Waals surface area contributed by atoms with Crippen LogP contribution in [0.3, 0.4) is 0 Å². The normalized spacial score (nSPS) is 15.2. The van der Waals surface area contributed by atoms with Gasteiger partial charge in [0, 0.05) is 54.8 Å². The van der Waals surface area contributed by atoms with Gasteiger partial charge < -0.3 is 13.7 Å². The van der Waals surface area contributed by atoms with Gasteiger partial charge in [-0.15, -0.1) is 0 Å². The molecule has 0 N–H and O–H groups in total. The van der Waals surface area contributed by atoms with Crippen LogP contribution in [0.15, 0.2) is 164 Å². The predicted molar refractivity (Wildman–Crippen MR) is 242 cm³/mol. The molecule has 0 saturated heterocycles. The van der Waals surface area contributed by atoms with Crippen LogP contribution < -0.4 is 0 Å². The van der Waals surface area contributed by atoms with E-state index in [4.69, 9.17) is 0 Å². The van der Waals surface area contributed by atoms with Crippen molar-refractivity contribution in [3.8, 4) is 17.1 Å². The van der Waals surface area contributed by atoms with Crippen LogP contribution in [0.1, 0.15) is 51.7 Å². The first-order valence-electron chi connectivity index (χ1n) is 20.4. The Balaban J connectivity index is 1.27. The Kier molecular flexibility index (Phi) is 6.58. The second-order valence-corrected chi connectivity index (χ2v) is 17.6. The molecule has 0 atom stereocenters. The molecular formula is C54H43N3. The van der Waals surface area contributed by atoms with Crippen LogP contribution in [0.25, 0.3) is 93.3 Å². The Bertz CT molecular complexity index is 3440. The van der Waals surface area contributed by atoms with Crippen molar-refractivity contribution < 1.29 is 0 Å². The predicted octanol–water partition coefficient (Wildman–Crippen LogP) is 14.5. The zero-order chi connectivity index (χ0) is 38.2. The van der Waals surface area contributed by atoms with Crippen molar-refractivity contribution in [2.24, 2.45) is 0 Å². The maximum Gasteiger partial charge on any atom is 0.0641 e. The molecule has 0 spiro atoms. The largest absolute Gasteiger partial charge is 0.309 e. The van der Waals surface area contributed by atoms with E-state index >= 15 is 0 Å². The van der Waals surface area contributed by atoms with Gasteiger partial charge in [0.2, 0.25) is 0 Å². The summed E-state index contributed by atoms with van der Waals surface area (Å²) in [5.41, 5.74) is 14.1. The summed E-state index contributed by atoms with van der Waals surface area (Å²) in [6, 6.07) is 61.2. The van der Waals surface area contributed by atoms with E-state index < -0.39 is 0 Å². The van der Waals surface area contributed by atoms with E-state index in [1.165, 1.54) is 106 Å². The SMILES string of the molecule is CC1(C)CCC(C)(C)c2cc3c(cc21)c1ccc2c(c4ccc5ccccc5c4n2-c2ccc4c5ccccc5n(-c5ccccc5)c4c2)c1n3-c1ccccc1. The quantitative estimate of drug-likeness (QED) is 0.172. The van der Waals surface area contributed by atoms with Crippen LogP contribution in [0.2, 0.25) is 0 Å². The lowest BCUT2D eigenvalue weighted by Gasteiger charge is -2.42. The number of hydrogen-bond acceptors (Lipinski definition) is 0. The highest BCUT2D eigenvalue weighted by Crippen LogP contribution is 2.50.